The number of nitro groups is 1. The van der Waals surface area contributed by atoms with Gasteiger partial charge in [0.2, 0.25) is 0 Å². The molecule has 0 amide bonds. The maximum atomic E-state index is 10.4. The van der Waals surface area contributed by atoms with E-state index in [1.54, 1.807) is 12.3 Å². The highest BCUT2D eigenvalue weighted by Crippen LogP contribution is 2.15. The molecule has 2 rings (SSSR count). The molecule has 2 aromatic rings. The molecule has 0 bridgehead atoms. The Bertz CT molecular complexity index is 517. The van der Waals surface area contributed by atoms with Crippen molar-refractivity contribution in [3.05, 3.63) is 46.2 Å². The number of nitrogens with zero attached hydrogens (tertiary/aromatic N) is 3. The van der Waals surface area contributed by atoms with Crippen LogP contribution in [0.15, 0.2) is 28.9 Å². The van der Waals surface area contributed by atoms with E-state index in [-0.39, 0.29) is 5.88 Å². The predicted molar refractivity (Wildman–Crippen MR) is 59.1 cm³/mol. The summed E-state index contributed by atoms with van der Waals surface area (Å²) in [7, 11) is 1.90. The van der Waals surface area contributed by atoms with Crippen molar-refractivity contribution in [2.45, 2.75) is 13.1 Å². The lowest BCUT2D eigenvalue weighted by molar-refractivity contribution is -0.402. The Morgan fingerprint density at radius 3 is 2.94 bits per heavy atom. The van der Waals surface area contributed by atoms with Crippen molar-refractivity contribution in [1.29, 1.82) is 0 Å². The molecule has 0 aliphatic carbocycles. The van der Waals surface area contributed by atoms with Crippen molar-refractivity contribution in [1.82, 2.24) is 14.9 Å². The van der Waals surface area contributed by atoms with Crippen LogP contribution < -0.4 is 5.32 Å². The van der Waals surface area contributed by atoms with Crippen LogP contribution in [0.1, 0.15) is 11.6 Å². The zero-order valence-corrected chi connectivity index (χ0v) is 9.29. The third kappa shape index (κ3) is 2.70. The first-order valence-corrected chi connectivity index (χ1v) is 5.07. The predicted octanol–water partition coefficient (Wildman–Crippen LogP) is 1.21. The number of furan rings is 1. The Hall–Kier alpha value is -2.15. The molecule has 0 atom stereocenters. The molecule has 2 heterocycles. The average molecular weight is 236 g/mol. The Labute approximate surface area is 97.2 Å². The molecule has 2 aromatic heterocycles. The zero-order valence-electron chi connectivity index (χ0n) is 9.29. The van der Waals surface area contributed by atoms with E-state index in [4.69, 9.17) is 4.42 Å². The van der Waals surface area contributed by atoms with Crippen molar-refractivity contribution in [2.75, 3.05) is 0 Å². The second-order valence-corrected chi connectivity index (χ2v) is 3.55. The molecule has 0 aromatic carbocycles. The summed E-state index contributed by atoms with van der Waals surface area (Å²) in [5, 5.41) is 13.5. The summed E-state index contributed by atoms with van der Waals surface area (Å²) in [6.45, 7) is 1.01. The van der Waals surface area contributed by atoms with Crippen LogP contribution in [0.2, 0.25) is 0 Å². The van der Waals surface area contributed by atoms with Crippen LogP contribution in [-0.4, -0.2) is 14.5 Å². The quantitative estimate of drug-likeness (QED) is 0.622. The fourth-order valence-corrected chi connectivity index (χ4v) is 1.42. The molecule has 0 unspecified atom stereocenters. The van der Waals surface area contributed by atoms with Crippen LogP contribution in [0.5, 0.6) is 0 Å². The smallest absolute Gasteiger partial charge is 0.404 e. The van der Waals surface area contributed by atoms with Gasteiger partial charge in [-0.1, -0.05) is 0 Å². The minimum absolute atomic E-state index is 0.237. The maximum Gasteiger partial charge on any atom is 0.433 e. The Balaban J connectivity index is 1.86. The Morgan fingerprint density at radius 1 is 1.53 bits per heavy atom. The molecule has 0 aliphatic rings. The first-order chi connectivity index (χ1) is 8.16. The van der Waals surface area contributed by atoms with Crippen LogP contribution >= 0.6 is 0 Å². The summed E-state index contributed by atoms with van der Waals surface area (Å²) < 4.78 is 6.91. The SMILES string of the molecule is Cn1ccnc1CNCc1ccc([N+](=O)[O-])o1. The van der Waals surface area contributed by atoms with Crippen molar-refractivity contribution < 1.29 is 9.34 Å². The Kier molecular flexibility index (Phi) is 3.20. The third-order valence-corrected chi connectivity index (χ3v) is 2.33. The molecule has 90 valence electrons. The van der Waals surface area contributed by atoms with Gasteiger partial charge < -0.3 is 14.3 Å². The number of rotatable bonds is 5. The third-order valence-electron chi connectivity index (χ3n) is 2.33. The highest BCUT2D eigenvalue weighted by molar-refractivity contribution is 5.17. The molecule has 0 radical (unpaired) electrons. The number of hydrogen-bond acceptors (Lipinski definition) is 5. The van der Waals surface area contributed by atoms with E-state index in [0.717, 1.165) is 5.82 Å². The van der Waals surface area contributed by atoms with Crippen molar-refractivity contribution in [3.8, 4) is 0 Å². The second kappa shape index (κ2) is 4.79. The van der Waals surface area contributed by atoms with Gasteiger partial charge in [-0.25, -0.2) is 4.98 Å². The van der Waals surface area contributed by atoms with Gasteiger partial charge in [-0.05, 0) is 6.07 Å². The summed E-state index contributed by atoms with van der Waals surface area (Å²) in [5.41, 5.74) is 0. The van der Waals surface area contributed by atoms with Crippen molar-refractivity contribution in [2.24, 2.45) is 7.05 Å². The summed E-state index contributed by atoms with van der Waals surface area (Å²) >= 11 is 0. The van der Waals surface area contributed by atoms with Gasteiger partial charge >= 0.3 is 5.88 Å². The van der Waals surface area contributed by atoms with Gasteiger partial charge in [0.15, 0.2) is 0 Å². The van der Waals surface area contributed by atoms with Gasteiger partial charge in [0.05, 0.1) is 19.2 Å². The lowest BCUT2D eigenvalue weighted by Gasteiger charge is -2.02. The van der Waals surface area contributed by atoms with Gasteiger partial charge in [-0.15, -0.1) is 0 Å². The fourth-order valence-electron chi connectivity index (χ4n) is 1.42. The topological polar surface area (TPSA) is 86.1 Å². The average Bonchev–Trinajstić information content (AvgIpc) is 2.89. The first-order valence-electron chi connectivity index (χ1n) is 5.07. The number of hydrogen-bond donors (Lipinski definition) is 1. The maximum absolute atomic E-state index is 10.4. The van der Waals surface area contributed by atoms with E-state index in [0.29, 0.717) is 18.8 Å². The molecule has 7 nitrogen and oxygen atoms in total. The van der Waals surface area contributed by atoms with Crippen molar-refractivity contribution >= 4 is 5.88 Å². The second-order valence-electron chi connectivity index (χ2n) is 3.55. The number of nitrogens with one attached hydrogen (secondary N) is 1. The lowest BCUT2D eigenvalue weighted by Crippen LogP contribution is -2.15. The molecule has 0 saturated heterocycles. The highest BCUT2D eigenvalue weighted by Gasteiger charge is 2.11. The summed E-state index contributed by atoms with van der Waals surface area (Å²) in [5.74, 6) is 1.19. The van der Waals surface area contributed by atoms with E-state index < -0.39 is 4.92 Å². The molecular weight excluding hydrogens is 224 g/mol. The molecule has 0 fully saturated rings. The highest BCUT2D eigenvalue weighted by atomic mass is 16.6. The van der Waals surface area contributed by atoms with E-state index in [1.165, 1.54) is 6.07 Å². The number of aryl methyl sites for hydroxylation is 1. The minimum atomic E-state index is -0.553. The largest absolute Gasteiger partial charge is 0.433 e. The van der Waals surface area contributed by atoms with Crippen molar-refractivity contribution in [3.63, 3.8) is 0 Å². The molecule has 0 saturated carbocycles. The van der Waals surface area contributed by atoms with E-state index in [1.807, 2.05) is 17.8 Å². The molecule has 0 spiro atoms. The van der Waals surface area contributed by atoms with Crippen LogP contribution in [0.4, 0.5) is 5.88 Å². The number of aromatic nitrogens is 2. The monoisotopic (exact) mass is 236 g/mol. The van der Waals surface area contributed by atoms with Crippen LogP contribution in [-0.2, 0) is 20.1 Å². The molecular formula is C10H12N4O3. The molecule has 1 N–H and O–H groups in total. The van der Waals surface area contributed by atoms with Gasteiger partial charge in [0.25, 0.3) is 0 Å². The molecule has 0 aliphatic heterocycles. The zero-order chi connectivity index (χ0) is 12.3. The fraction of sp³-hybridized carbons (Fsp3) is 0.300. The van der Waals surface area contributed by atoms with Gasteiger partial charge in [-0.3, -0.25) is 10.1 Å². The number of imidazole rings is 1. The molecule has 7 heteroatoms. The normalized spacial score (nSPS) is 10.6. The van der Waals surface area contributed by atoms with Crippen LogP contribution in [0.3, 0.4) is 0 Å². The lowest BCUT2D eigenvalue weighted by atomic mass is 10.4. The van der Waals surface area contributed by atoms with Gasteiger partial charge in [0, 0.05) is 19.4 Å². The molecule has 17 heavy (non-hydrogen) atoms. The van der Waals surface area contributed by atoms with Crippen LogP contribution in [0, 0.1) is 10.1 Å². The van der Waals surface area contributed by atoms with E-state index in [2.05, 4.69) is 10.3 Å². The van der Waals surface area contributed by atoms with E-state index in [9.17, 15) is 10.1 Å². The summed E-state index contributed by atoms with van der Waals surface area (Å²) in [4.78, 5) is 14.0. The standard InChI is InChI=1S/C10H12N4O3/c1-13-5-4-12-9(13)7-11-6-8-2-3-10(17-8)14(15)16/h2-5,11H,6-7H2,1H3. The van der Waals surface area contributed by atoms with E-state index >= 15 is 0 Å². The van der Waals surface area contributed by atoms with Crippen LogP contribution in [0.25, 0.3) is 0 Å². The summed E-state index contributed by atoms with van der Waals surface area (Å²) in [6.07, 6.45) is 3.57. The Morgan fingerprint density at radius 2 is 2.35 bits per heavy atom. The minimum Gasteiger partial charge on any atom is -0.404 e. The first kappa shape index (κ1) is 11.3. The van der Waals surface area contributed by atoms with Gasteiger partial charge in [-0.2, -0.15) is 0 Å². The van der Waals surface area contributed by atoms with Gasteiger partial charge in [0.1, 0.15) is 16.5 Å². The summed E-state index contributed by atoms with van der Waals surface area (Å²) in [6, 6.07) is 2.93.